The van der Waals surface area contributed by atoms with Gasteiger partial charge in [0.15, 0.2) is 0 Å². The van der Waals surface area contributed by atoms with E-state index in [1.54, 1.807) is 6.08 Å². The highest BCUT2D eigenvalue weighted by Crippen LogP contribution is 2.34. The van der Waals surface area contributed by atoms with Crippen LogP contribution < -0.4 is 5.32 Å². The molecule has 0 radical (unpaired) electrons. The number of allylic oxidation sites excluding steroid dienone is 15. The highest BCUT2D eigenvalue weighted by molar-refractivity contribution is 5.92. The third-order valence-corrected chi connectivity index (χ3v) is 9.42. The van der Waals surface area contributed by atoms with Gasteiger partial charge in [-0.2, -0.15) is 0 Å². The van der Waals surface area contributed by atoms with Crippen LogP contribution in [-0.2, 0) is 0 Å². The smallest absolute Gasteiger partial charge is 0.134 e. The molecule has 0 atom stereocenters. The van der Waals surface area contributed by atoms with Gasteiger partial charge >= 0.3 is 0 Å². The number of rotatable bonds is 14. The van der Waals surface area contributed by atoms with Crippen molar-refractivity contribution in [1.29, 1.82) is 0 Å². The van der Waals surface area contributed by atoms with Gasteiger partial charge in [-0.25, -0.2) is 0 Å². The quantitative estimate of drug-likeness (QED) is 0.116. The van der Waals surface area contributed by atoms with Crippen LogP contribution >= 0.6 is 0 Å². The van der Waals surface area contributed by atoms with Crippen molar-refractivity contribution < 1.29 is 4.42 Å². The van der Waals surface area contributed by atoms with Gasteiger partial charge in [0.1, 0.15) is 11.3 Å². The molecule has 0 saturated carbocycles. The summed E-state index contributed by atoms with van der Waals surface area (Å²) in [5.74, 6) is 0.901. The van der Waals surface area contributed by atoms with Crippen molar-refractivity contribution in [1.82, 2.24) is 0 Å². The van der Waals surface area contributed by atoms with Crippen molar-refractivity contribution >= 4 is 34.0 Å². The van der Waals surface area contributed by atoms with E-state index in [1.807, 2.05) is 31.2 Å². The van der Waals surface area contributed by atoms with E-state index >= 15 is 0 Å². The molecule has 0 spiro atoms. The maximum absolute atomic E-state index is 6.00. The first-order valence-corrected chi connectivity index (χ1v) is 18.3. The van der Waals surface area contributed by atoms with E-state index in [1.165, 1.54) is 22.3 Å². The Hall–Kier alpha value is -6.38. The Morgan fingerprint density at radius 3 is 1.85 bits per heavy atom. The predicted octanol–water partition coefficient (Wildman–Crippen LogP) is 15.5. The maximum Gasteiger partial charge on any atom is 0.134 e. The number of benzene rings is 4. The Kier molecular flexibility index (Phi) is 12.9. The minimum atomic E-state index is 0.886. The Morgan fingerprint density at radius 1 is 0.648 bits per heavy atom. The van der Waals surface area contributed by atoms with E-state index in [-0.39, 0.29) is 0 Å². The van der Waals surface area contributed by atoms with Crippen molar-refractivity contribution in [2.75, 3.05) is 5.32 Å². The summed E-state index contributed by atoms with van der Waals surface area (Å²) in [6.07, 6.45) is 17.9. The average molecular weight is 706 g/mol. The third kappa shape index (κ3) is 9.34. The summed E-state index contributed by atoms with van der Waals surface area (Å²) < 4.78 is 6.00. The lowest BCUT2D eigenvalue weighted by atomic mass is 9.93. The number of aryl methyl sites for hydroxylation is 1. The standard InChI is InChI=1S/C52H51NO/c1-11-14-19-48(35(4)5)50(36(6)7)32-38(9)37(8)31-40(13-3)41-21-26-46(27-22-41)53-47-28-23-42(24-29-47)43-17-16-18-44(33-43)45-25-30-52-51(34-45)49(20-15-12-2)39(10)54-52/h11-34,53H,1-3,8H2,4-7,9-10H3/b19-14-,20-15-,38-32+,40-31+. The van der Waals surface area contributed by atoms with Crippen molar-refractivity contribution in [3.8, 4) is 22.3 Å². The first-order valence-electron chi connectivity index (χ1n) is 18.3. The fourth-order valence-electron chi connectivity index (χ4n) is 6.38. The van der Waals surface area contributed by atoms with Crippen molar-refractivity contribution in [2.45, 2.75) is 41.5 Å². The molecule has 0 amide bonds. The first-order chi connectivity index (χ1) is 26.0. The molecule has 2 nitrogen and oxygen atoms in total. The fraction of sp³-hybridized carbons (Fsp3) is 0.115. The second-order valence-electron chi connectivity index (χ2n) is 13.8. The van der Waals surface area contributed by atoms with Gasteiger partial charge in [0.25, 0.3) is 0 Å². The van der Waals surface area contributed by atoms with Crippen LogP contribution in [0.15, 0.2) is 204 Å². The number of nitrogens with one attached hydrogen (secondary N) is 1. The SMILES string of the molecule is C=C/C=C\C(=C(C)C)C(/C=C(\C)C(=C)/C=C(\C=C)c1ccc(Nc2ccc(-c3cccc(-c4ccc5oc(C)c(/C=C\C=C)c5c4)c3)cc2)cc1)=C(C)C. The second kappa shape index (κ2) is 17.9. The highest BCUT2D eigenvalue weighted by atomic mass is 16.3. The molecule has 0 fully saturated rings. The zero-order valence-corrected chi connectivity index (χ0v) is 32.6. The Labute approximate surface area is 322 Å². The lowest BCUT2D eigenvalue weighted by molar-refractivity contribution is 0.577. The number of anilines is 2. The van der Waals surface area contributed by atoms with Gasteiger partial charge in [0.2, 0.25) is 0 Å². The predicted molar refractivity (Wildman–Crippen MR) is 238 cm³/mol. The number of hydrogen-bond acceptors (Lipinski definition) is 2. The molecule has 4 aromatic carbocycles. The maximum atomic E-state index is 6.00. The molecule has 0 aliphatic heterocycles. The summed E-state index contributed by atoms with van der Waals surface area (Å²) in [5, 5.41) is 4.65. The third-order valence-electron chi connectivity index (χ3n) is 9.42. The summed E-state index contributed by atoms with van der Waals surface area (Å²) in [6.45, 7) is 28.8. The van der Waals surface area contributed by atoms with Crippen LogP contribution in [0.25, 0.3) is 44.9 Å². The van der Waals surface area contributed by atoms with Gasteiger partial charge in [-0.3, -0.25) is 0 Å². The van der Waals surface area contributed by atoms with E-state index in [4.69, 9.17) is 4.42 Å². The van der Waals surface area contributed by atoms with Gasteiger partial charge in [-0.15, -0.1) is 0 Å². The molecular formula is C52H51NO. The van der Waals surface area contributed by atoms with E-state index < -0.39 is 0 Å². The molecule has 0 aliphatic carbocycles. The molecule has 0 bridgehead atoms. The summed E-state index contributed by atoms with van der Waals surface area (Å²) in [7, 11) is 0. The molecule has 0 aliphatic rings. The lowest BCUT2D eigenvalue weighted by Crippen LogP contribution is -1.93. The van der Waals surface area contributed by atoms with Gasteiger partial charge in [0.05, 0.1) is 0 Å². The van der Waals surface area contributed by atoms with Crippen LogP contribution in [0.1, 0.15) is 51.5 Å². The largest absolute Gasteiger partial charge is 0.461 e. The van der Waals surface area contributed by atoms with Crippen molar-refractivity contribution in [3.63, 3.8) is 0 Å². The highest BCUT2D eigenvalue weighted by Gasteiger charge is 2.11. The minimum Gasteiger partial charge on any atom is -0.461 e. The Balaban J connectivity index is 1.29. The monoisotopic (exact) mass is 705 g/mol. The zero-order valence-electron chi connectivity index (χ0n) is 32.6. The van der Waals surface area contributed by atoms with Crippen LogP contribution in [0.2, 0.25) is 0 Å². The normalized spacial score (nSPS) is 11.9. The van der Waals surface area contributed by atoms with E-state index in [2.05, 4.69) is 182 Å². The first kappa shape index (κ1) is 38.8. The van der Waals surface area contributed by atoms with Gasteiger partial charge in [-0.05, 0) is 146 Å². The van der Waals surface area contributed by atoms with Gasteiger partial charge in [-0.1, -0.05) is 135 Å². The molecule has 0 unspecified atom stereocenters. The molecular weight excluding hydrogens is 655 g/mol. The molecule has 270 valence electrons. The second-order valence-corrected chi connectivity index (χ2v) is 13.8. The van der Waals surface area contributed by atoms with Crippen LogP contribution in [0, 0.1) is 6.92 Å². The summed E-state index contributed by atoms with van der Waals surface area (Å²) in [5.41, 5.74) is 17.6. The molecule has 5 rings (SSSR count). The number of fused-ring (bicyclic) bond motifs is 1. The van der Waals surface area contributed by atoms with Crippen LogP contribution in [0.4, 0.5) is 11.4 Å². The summed E-state index contributed by atoms with van der Waals surface area (Å²) in [6, 6.07) is 32.1. The van der Waals surface area contributed by atoms with E-state index in [9.17, 15) is 0 Å². The van der Waals surface area contributed by atoms with Crippen LogP contribution in [-0.4, -0.2) is 0 Å². The van der Waals surface area contributed by atoms with Crippen molar-refractivity contribution in [3.05, 3.63) is 216 Å². The van der Waals surface area contributed by atoms with Crippen molar-refractivity contribution in [2.24, 2.45) is 0 Å². The van der Waals surface area contributed by atoms with E-state index in [0.717, 1.165) is 78.2 Å². The molecule has 5 aromatic rings. The summed E-state index contributed by atoms with van der Waals surface area (Å²) >= 11 is 0. The molecule has 0 saturated heterocycles. The Morgan fingerprint density at radius 2 is 1.24 bits per heavy atom. The molecule has 54 heavy (non-hydrogen) atoms. The average Bonchev–Trinajstić information content (AvgIpc) is 3.49. The van der Waals surface area contributed by atoms with Crippen LogP contribution in [0.5, 0.6) is 0 Å². The molecule has 2 heteroatoms. The number of furan rings is 1. The topological polar surface area (TPSA) is 25.2 Å². The molecule has 1 heterocycles. The van der Waals surface area contributed by atoms with Gasteiger partial charge < -0.3 is 9.73 Å². The summed E-state index contributed by atoms with van der Waals surface area (Å²) in [4.78, 5) is 0. The molecule has 1 N–H and O–H groups in total. The zero-order chi connectivity index (χ0) is 38.8. The minimum absolute atomic E-state index is 0.886. The van der Waals surface area contributed by atoms with Crippen LogP contribution in [0.3, 0.4) is 0 Å². The van der Waals surface area contributed by atoms with E-state index in [0.29, 0.717) is 0 Å². The number of hydrogen-bond donors (Lipinski definition) is 1. The Bertz CT molecular complexity index is 2380. The fourth-order valence-corrected chi connectivity index (χ4v) is 6.38. The lowest BCUT2D eigenvalue weighted by Gasteiger charge is -2.13. The molecule has 1 aromatic heterocycles. The van der Waals surface area contributed by atoms with Gasteiger partial charge in [0, 0.05) is 22.3 Å².